The van der Waals surface area contributed by atoms with Crippen molar-refractivity contribution in [3.8, 4) is 0 Å². The molecule has 3 aromatic rings. The molecule has 1 aliphatic carbocycles. The van der Waals surface area contributed by atoms with Gasteiger partial charge in [-0.1, -0.05) is 36.9 Å². The molecule has 1 aliphatic rings. The number of nitrogens with zero attached hydrogens (tertiary/aromatic N) is 4. The first-order valence-electron chi connectivity index (χ1n) is 12.8. The van der Waals surface area contributed by atoms with Crippen molar-refractivity contribution < 1.29 is 4.79 Å². The zero-order valence-corrected chi connectivity index (χ0v) is 22.7. The van der Waals surface area contributed by atoms with E-state index in [-0.39, 0.29) is 5.91 Å². The average Bonchev–Trinajstić information content (AvgIpc) is 3.33. The van der Waals surface area contributed by atoms with Gasteiger partial charge in [0, 0.05) is 47.5 Å². The van der Waals surface area contributed by atoms with Crippen molar-refractivity contribution in [1.29, 1.82) is 0 Å². The van der Waals surface area contributed by atoms with Crippen LogP contribution in [0.1, 0.15) is 66.5 Å². The molecule has 2 aromatic heterocycles. The molecule has 8 heteroatoms. The highest BCUT2D eigenvalue weighted by Crippen LogP contribution is 2.25. The largest absolute Gasteiger partial charge is 0.385 e. The summed E-state index contributed by atoms with van der Waals surface area (Å²) in [4.78, 5) is 23.7. The molecule has 1 fully saturated rings. The maximum Gasteiger partial charge on any atom is 0.252 e. The maximum atomic E-state index is 12.7. The Labute approximate surface area is 220 Å². The SMILES string of the molecule is CCNc1cc(Cl)cc(C(=O)NCc2nccn2Cc2ccccn2)c1C.CN(C)C1CCCCC1. The minimum Gasteiger partial charge on any atom is -0.385 e. The van der Waals surface area contributed by atoms with Gasteiger partial charge in [-0.25, -0.2) is 4.98 Å². The number of hydrogen-bond donors (Lipinski definition) is 2. The highest BCUT2D eigenvalue weighted by Gasteiger charge is 2.15. The quantitative estimate of drug-likeness (QED) is 0.416. The predicted octanol–water partition coefficient (Wildman–Crippen LogP) is 5.53. The molecule has 1 saturated carbocycles. The van der Waals surface area contributed by atoms with Gasteiger partial charge in [0.1, 0.15) is 5.82 Å². The second-order valence-corrected chi connectivity index (χ2v) is 9.82. The molecular formula is C28H39ClN6O. The van der Waals surface area contributed by atoms with Crippen molar-refractivity contribution in [2.45, 2.75) is 65.1 Å². The first-order valence-corrected chi connectivity index (χ1v) is 13.1. The molecule has 7 nitrogen and oxygen atoms in total. The van der Waals surface area contributed by atoms with Crippen molar-refractivity contribution in [3.63, 3.8) is 0 Å². The molecule has 2 N–H and O–H groups in total. The fourth-order valence-corrected chi connectivity index (χ4v) is 4.68. The van der Waals surface area contributed by atoms with Crippen molar-refractivity contribution in [3.05, 3.63) is 76.6 Å². The minimum absolute atomic E-state index is 0.179. The Balaban J connectivity index is 0.000000338. The van der Waals surface area contributed by atoms with Crippen LogP contribution in [0.2, 0.25) is 5.02 Å². The standard InChI is InChI=1S/C20H22ClN5O.C8H17N/c1-3-22-18-11-15(21)10-17(14(18)2)20(27)25-12-19-24-8-9-26(19)13-16-6-4-5-7-23-16;1-9(2)8-6-4-3-5-7-8/h4-11,22H,3,12-13H2,1-2H3,(H,25,27);8H,3-7H2,1-2H3. The van der Waals surface area contributed by atoms with E-state index in [2.05, 4.69) is 39.6 Å². The van der Waals surface area contributed by atoms with Crippen LogP contribution in [0.5, 0.6) is 0 Å². The van der Waals surface area contributed by atoms with Gasteiger partial charge in [-0.3, -0.25) is 9.78 Å². The molecule has 36 heavy (non-hydrogen) atoms. The number of rotatable bonds is 8. The molecule has 4 rings (SSSR count). The van der Waals surface area contributed by atoms with Gasteiger partial charge < -0.3 is 20.1 Å². The fourth-order valence-electron chi connectivity index (χ4n) is 4.46. The zero-order valence-electron chi connectivity index (χ0n) is 21.9. The summed E-state index contributed by atoms with van der Waals surface area (Å²) in [6.45, 7) is 5.59. The smallest absolute Gasteiger partial charge is 0.252 e. The van der Waals surface area contributed by atoms with Gasteiger partial charge in [0.05, 0.1) is 18.8 Å². The number of benzene rings is 1. The van der Waals surface area contributed by atoms with Crippen molar-refractivity contribution in [1.82, 2.24) is 24.8 Å². The van der Waals surface area contributed by atoms with E-state index in [1.807, 2.05) is 48.9 Å². The van der Waals surface area contributed by atoms with Crippen LogP contribution < -0.4 is 10.6 Å². The van der Waals surface area contributed by atoms with Crippen LogP contribution in [0.3, 0.4) is 0 Å². The molecular weight excluding hydrogens is 472 g/mol. The number of aromatic nitrogens is 3. The molecule has 2 heterocycles. The Bertz CT molecular complexity index is 1090. The van der Waals surface area contributed by atoms with E-state index in [9.17, 15) is 4.79 Å². The van der Waals surface area contributed by atoms with E-state index in [0.717, 1.165) is 35.4 Å². The number of pyridine rings is 1. The molecule has 0 radical (unpaired) electrons. The predicted molar refractivity (Wildman–Crippen MR) is 148 cm³/mol. The summed E-state index contributed by atoms with van der Waals surface area (Å²) in [6.07, 6.45) is 12.6. The summed E-state index contributed by atoms with van der Waals surface area (Å²) in [5, 5.41) is 6.69. The van der Waals surface area contributed by atoms with E-state index in [4.69, 9.17) is 11.6 Å². The molecule has 0 saturated heterocycles. The fraction of sp³-hybridized carbons (Fsp3) is 0.464. The third-order valence-corrected chi connectivity index (χ3v) is 6.77. The van der Waals surface area contributed by atoms with Crippen LogP contribution in [0.25, 0.3) is 0 Å². The van der Waals surface area contributed by atoms with Crippen LogP contribution in [-0.4, -0.2) is 52.0 Å². The van der Waals surface area contributed by atoms with Gasteiger partial charge >= 0.3 is 0 Å². The van der Waals surface area contributed by atoms with Crippen LogP contribution in [0.4, 0.5) is 5.69 Å². The number of hydrogen-bond acceptors (Lipinski definition) is 5. The topological polar surface area (TPSA) is 75.1 Å². The summed E-state index contributed by atoms with van der Waals surface area (Å²) in [5.41, 5.74) is 3.23. The maximum absolute atomic E-state index is 12.7. The lowest BCUT2D eigenvalue weighted by atomic mass is 9.95. The van der Waals surface area contributed by atoms with E-state index < -0.39 is 0 Å². The summed E-state index contributed by atoms with van der Waals surface area (Å²) in [6, 6.07) is 10.2. The second kappa shape index (κ2) is 14.0. The molecule has 0 atom stereocenters. The number of halogens is 1. The Hall–Kier alpha value is -2.90. The van der Waals surface area contributed by atoms with Crippen molar-refractivity contribution in [2.24, 2.45) is 0 Å². The lowest BCUT2D eigenvalue weighted by molar-refractivity contribution is 0.0949. The minimum atomic E-state index is -0.179. The van der Waals surface area contributed by atoms with E-state index >= 15 is 0 Å². The lowest BCUT2D eigenvalue weighted by Gasteiger charge is -2.27. The second-order valence-electron chi connectivity index (χ2n) is 9.39. The molecule has 1 aromatic carbocycles. The molecule has 0 spiro atoms. The third-order valence-electron chi connectivity index (χ3n) is 6.56. The zero-order chi connectivity index (χ0) is 25.9. The third kappa shape index (κ3) is 8.07. The number of nitrogens with one attached hydrogen (secondary N) is 2. The Kier molecular flexibility index (Phi) is 10.8. The normalized spacial score (nSPS) is 13.7. The first kappa shape index (κ1) is 27.7. The van der Waals surface area contributed by atoms with Gasteiger partial charge in [-0.15, -0.1) is 0 Å². The molecule has 0 aliphatic heterocycles. The summed E-state index contributed by atoms with van der Waals surface area (Å²) in [7, 11) is 4.38. The van der Waals surface area contributed by atoms with Crippen molar-refractivity contribution in [2.75, 3.05) is 26.0 Å². The Morgan fingerprint density at radius 3 is 2.56 bits per heavy atom. The van der Waals surface area contributed by atoms with Crippen molar-refractivity contribution >= 4 is 23.2 Å². The molecule has 1 amide bonds. The van der Waals surface area contributed by atoms with E-state index in [0.29, 0.717) is 23.7 Å². The van der Waals surface area contributed by atoms with Crippen LogP contribution in [0.15, 0.2) is 48.9 Å². The Morgan fingerprint density at radius 2 is 1.92 bits per heavy atom. The monoisotopic (exact) mass is 510 g/mol. The van der Waals surface area contributed by atoms with Gasteiger partial charge in [-0.05, 0) is 70.6 Å². The number of anilines is 1. The highest BCUT2D eigenvalue weighted by molar-refractivity contribution is 6.31. The number of carbonyl (C=O) groups excluding carboxylic acids is 1. The summed E-state index contributed by atoms with van der Waals surface area (Å²) < 4.78 is 1.97. The number of imidazole rings is 1. The summed E-state index contributed by atoms with van der Waals surface area (Å²) >= 11 is 6.17. The molecule has 0 bridgehead atoms. The average molecular weight is 511 g/mol. The van der Waals surface area contributed by atoms with Crippen LogP contribution >= 0.6 is 11.6 Å². The van der Waals surface area contributed by atoms with Gasteiger partial charge in [0.15, 0.2) is 0 Å². The highest BCUT2D eigenvalue weighted by atomic mass is 35.5. The van der Waals surface area contributed by atoms with Gasteiger partial charge in [-0.2, -0.15) is 0 Å². The molecule has 194 valence electrons. The Morgan fingerprint density at radius 1 is 1.14 bits per heavy atom. The van der Waals surface area contributed by atoms with Crippen LogP contribution in [-0.2, 0) is 13.1 Å². The summed E-state index contributed by atoms with van der Waals surface area (Å²) in [5.74, 6) is 0.585. The van der Waals surface area contributed by atoms with Gasteiger partial charge in [0.2, 0.25) is 0 Å². The van der Waals surface area contributed by atoms with Crippen LogP contribution in [0, 0.1) is 6.92 Å². The lowest BCUT2D eigenvalue weighted by Crippen LogP contribution is -2.29. The van der Waals surface area contributed by atoms with E-state index in [1.54, 1.807) is 18.5 Å². The number of amides is 1. The number of carbonyl (C=O) groups is 1. The molecule has 0 unspecified atom stereocenters. The van der Waals surface area contributed by atoms with E-state index in [1.165, 1.54) is 32.1 Å². The first-order chi connectivity index (χ1) is 17.4. The van der Waals surface area contributed by atoms with Gasteiger partial charge in [0.25, 0.3) is 5.91 Å².